The molecule has 2 aromatic carbocycles. The van der Waals surface area contributed by atoms with Crippen LogP contribution in [0.5, 0.6) is 0 Å². The fraction of sp³-hybridized carbons (Fsp3) is 0.261. The van der Waals surface area contributed by atoms with Crippen LogP contribution < -0.4 is 10.5 Å². The van der Waals surface area contributed by atoms with Crippen molar-refractivity contribution in [3.8, 4) is 0 Å². The van der Waals surface area contributed by atoms with Gasteiger partial charge in [0.05, 0.1) is 16.0 Å². The van der Waals surface area contributed by atoms with Crippen molar-refractivity contribution < 1.29 is 22.7 Å². The van der Waals surface area contributed by atoms with Crippen LogP contribution in [0.2, 0.25) is 0 Å². The molecule has 1 atom stereocenters. The SMILES string of the molecule is CC(OC(=O)c1c2c(nc3ccccc13)CCN(C)C2)C(=O)Nc1ccc(S(N)(=O)=O)cc1. The summed E-state index contributed by atoms with van der Waals surface area (Å²) in [6.07, 6.45) is -0.360. The van der Waals surface area contributed by atoms with Crippen LogP contribution in [0, 0.1) is 0 Å². The first-order valence-corrected chi connectivity index (χ1v) is 11.9. The number of anilines is 1. The molecule has 1 amide bonds. The lowest BCUT2D eigenvalue weighted by Gasteiger charge is -2.27. The van der Waals surface area contributed by atoms with E-state index in [9.17, 15) is 18.0 Å². The number of fused-ring (bicyclic) bond motifs is 2. The third kappa shape index (κ3) is 4.87. The number of rotatable bonds is 5. The van der Waals surface area contributed by atoms with Gasteiger partial charge in [0.1, 0.15) is 0 Å². The van der Waals surface area contributed by atoms with Crippen LogP contribution >= 0.6 is 0 Å². The number of carbonyl (C=O) groups is 2. The molecule has 0 aliphatic carbocycles. The topological polar surface area (TPSA) is 132 Å². The molecule has 33 heavy (non-hydrogen) atoms. The van der Waals surface area contributed by atoms with E-state index in [4.69, 9.17) is 14.9 Å². The number of benzene rings is 2. The van der Waals surface area contributed by atoms with Crippen molar-refractivity contribution in [3.63, 3.8) is 0 Å². The Bertz CT molecular complexity index is 1340. The zero-order valence-electron chi connectivity index (χ0n) is 18.2. The number of amides is 1. The van der Waals surface area contributed by atoms with Crippen LogP contribution in [-0.2, 0) is 32.5 Å². The number of pyridine rings is 1. The number of ether oxygens (including phenoxy) is 1. The first-order valence-electron chi connectivity index (χ1n) is 10.4. The molecule has 3 N–H and O–H groups in total. The van der Waals surface area contributed by atoms with Crippen LogP contribution in [0.1, 0.15) is 28.5 Å². The van der Waals surface area contributed by atoms with E-state index >= 15 is 0 Å². The molecule has 1 aliphatic rings. The summed E-state index contributed by atoms with van der Waals surface area (Å²) >= 11 is 0. The van der Waals surface area contributed by atoms with Crippen LogP contribution in [0.15, 0.2) is 53.4 Å². The molecule has 0 fully saturated rings. The number of esters is 1. The van der Waals surface area contributed by atoms with E-state index in [1.165, 1.54) is 31.2 Å². The van der Waals surface area contributed by atoms with E-state index in [1.54, 1.807) is 0 Å². The molecule has 0 saturated heterocycles. The lowest BCUT2D eigenvalue weighted by Crippen LogP contribution is -2.32. The number of carbonyl (C=O) groups excluding carboxylic acids is 2. The minimum Gasteiger partial charge on any atom is -0.449 e. The van der Waals surface area contributed by atoms with E-state index in [0.717, 1.165) is 24.2 Å². The Kier molecular flexibility index (Phi) is 6.15. The lowest BCUT2D eigenvalue weighted by atomic mass is 9.96. The first-order chi connectivity index (χ1) is 15.6. The molecular weight excluding hydrogens is 444 g/mol. The van der Waals surface area contributed by atoms with Gasteiger partial charge in [-0.25, -0.2) is 18.4 Å². The predicted octanol–water partition coefficient (Wildman–Crippen LogP) is 2.05. The Balaban J connectivity index is 1.55. The minimum absolute atomic E-state index is 0.0701. The van der Waals surface area contributed by atoms with E-state index in [-0.39, 0.29) is 4.90 Å². The van der Waals surface area contributed by atoms with Crippen molar-refractivity contribution in [2.45, 2.75) is 30.9 Å². The van der Waals surface area contributed by atoms with Gasteiger partial charge in [0.2, 0.25) is 10.0 Å². The summed E-state index contributed by atoms with van der Waals surface area (Å²) in [6, 6.07) is 12.8. The number of hydrogen-bond donors (Lipinski definition) is 2. The molecule has 1 aliphatic heterocycles. The summed E-state index contributed by atoms with van der Waals surface area (Å²) in [7, 11) is -1.85. The van der Waals surface area contributed by atoms with Crippen molar-refractivity contribution in [2.75, 3.05) is 18.9 Å². The van der Waals surface area contributed by atoms with E-state index in [2.05, 4.69) is 10.2 Å². The highest BCUT2D eigenvalue weighted by Crippen LogP contribution is 2.28. The Morgan fingerprint density at radius 3 is 2.55 bits per heavy atom. The van der Waals surface area contributed by atoms with E-state index in [1.807, 2.05) is 31.3 Å². The van der Waals surface area contributed by atoms with Crippen molar-refractivity contribution in [2.24, 2.45) is 5.14 Å². The molecular formula is C23H24N4O5S. The van der Waals surface area contributed by atoms with Crippen LogP contribution in [0.3, 0.4) is 0 Å². The zero-order chi connectivity index (χ0) is 23.8. The Hall–Kier alpha value is -3.34. The highest BCUT2D eigenvalue weighted by molar-refractivity contribution is 7.89. The molecule has 0 saturated carbocycles. The van der Waals surface area contributed by atoms with Gasteiger partial charge in [-0.1, -0.05) is 18.2 Å². The highest BCUT2D eigenvalue weighted by atomic mass is 32.2. The Morgan fingerprint density at radius 1 is 1.15 bits per heavy atom. The quantitative estimate of drug-likeness (QED) is 0.548. The average Bonchev–Trinajstić information content (AvgIpc) is 2.77. The summed E-state index contributed by atoms with van der Waals surface area (Å²) in [4.78, 5) is 32.6. The van der Waals surface area contributed by atoms with Crippen molar-refractivity contribution in [1.29, 1.82) is 0 Å². The second-order valence-electron chi connectivity index (χ2n) is 8.02. The van der Waals surface area contributed by atoms with Gasteiger partial charge in [0.15, 0.2) is 6.10 Å². The lowest BCUT2D eigenvalue weighted by molar-refractivity contribution is -0.123. The molecule has 0 spiro atoms. The van der Waals surface area contributed by atoms with Crippen molar-refractivity contribution in [3.05, 3.63) is 65.4 Å². The second kappa shape index (κ2) is 8.89. The number of nitrogens with one attached hydrogen (secondary N) is 1. The van der Waals surface area contributed by atoms with Crippen LogP contribution in [0.25, 0.3) is 10.9 Å². The number of nitrogens with zero attached hydrogens (tertiary/aromatic N) is 2. The summed E-state index contributed by atoms with van der Waals surface area (Å²) in [5.74, 6) is -1.14. The van der Waals surface area contributed by atoms with Gasteiger partial charge >= 0.3 is 5.97 Å². The van der Waals surface area contributed by atoms with Gasteiger partial charge in [-0.15, -0.1) is 0 Å². The van der Waals surface area contributed by atoms with Gasteiger partial charge in [-0.3, -0.25) is 9.78 Å². The number of sulfonamides is 1. The fourth-order valence-electron chi connectivity index (χ4n) is 3.80. The average molecular weight is 469 g/mol. The maximum atomic E-state index is 13.2. The summed E-state index contributed by atoms with van der Waals surface area (Å²) in [5, 5.41) is 8.38. The summed E-state index contributed by atoms with van der Waals surface area (Å²) < 4.78 is 28.3. The van der Waals surface area contributed by atoms with Gasteiger partial charge in [0, 0.05) is 41.8 Å². The van der Waals surface area contributed by atoms with Crippen molar-refractivity contribution >= 4 is 38.5 Å². The number of hydrogen-bond acceptors (Lipinski definition) is 7. The molecule has 9 nitrogen and oxygen atoms in total. The molecule has 4 rings (SSSR count). The molecule has 3 aromatic rings. The Morgan fingerprint density at radius 2 is 1.85 bits per heavy atom. The van der Waals surface area contributed by atoms with Gasteiger partial charge in [-0.05, 0) is 44.3 Å². The first kappa shape index (κ1) is 22.8. The van der Waals surface area contributed by atoms with E-state index < -0.39 is 28.0 Å². The van der Waals surface area contributed by atoms with Gasteiger partial charge in [-0.2, -0.15) is 0 Å². The molecule has 0 radical (unpaired) electrons. The number of para-hydroxylation sites is 1. The van der Waals surface area contributed by atoms with Crippen LogP contribution in [0.4, 0.5) is 5.69 Å². The van der Waals surface area contributed by atoms with Gasteiger partial charge in [0.25, 0.3) is 5.91 Å². The van der Waals surface area contributed by atoms with E-state index in [0.29, 0.717) is 28.7 Å². The second-order valence-corrected chi connectivity index (χ2v) is 9.58. The third-order valence-electron chi connectivity index (χ3n) is 5.54. The minimum atomic E-state index is -3.83. The maximum Gasteiger partial charge on any atom is 0.339 e. The zero-order valence-corrected chi connectivity index (χ0v) is 19.1. The Labute approximate surface area is 191 Å². The predicted molar refractivity (Wildman–Crippen MR) is 123 cm³/mol. The fourth-order valence-corrected chi connectivity index (χ4v) is 4.32. The number of primary sulfonamides is 1. The third-order valence-corrected chi connectivity index (χ3v) is 6.47. The number of nitrogens with two attached hydrogens (primary N) is 1. The highest BCUT2D eigenvalue weighted by Gasteiger charge is 2.27. The summed E-state index contributed by atoms with van der Waals surface area (Å²) in [6.45, 7) is 2.89. The molecule has 0 bridgehead atoms. The monoisotopic (exact) mass is 468 g/mol. The number of aromatic nitrogens is 1. The van der Waals surface area contributed by atoms with Crippen LogP contribution in [-0.4, -0.2) is 49.9 Å². The standard InChI is InChI=1S/C23H24N4O5S/c1-14(22(28)25-15-7-9-16(10-8-15)33(24,30)31)32-23(29)21-17-5-3-4-6-19(17)26-20-11-12-27(2)13-18(20)21/h3-10,14H,11-13H2,1-2H3,(H,25,28)(H2,24,30,31). The molecule has 172 valence electrons. The molecule has 1 unspecified atom stereocenters. The number of likely N-dealkylation sites (N-methyl/N-ethyl adjacent to an activating group) is 1. The normalized spacial score (nSPS) is 15.0. The summed E-state index contributed by atoms with van der Waals surface area (Å²) in [5.41, 5.74) is 3.17. The molecule has 1 aromatic heterocycles. The molecule has 2 heterocycles. The maximum absolute atomic E-state index is 13.2. The smallest absolute Gasteiger partial charge is 0.339 e. The largest absolute Gasteiger partial charge is 0.449 e. The molecule has 10 heteroatoms. The van der Waals surface area contributed by atoms with Gasteiger partial charge < -0.3 is 15.0 Å². The van der Waals surface area contributed by atoms with Crippen molar-refractivity contribution in [1.82, 2.24) is 9.88 Å².